The number of carbonyl (C=O) groups is 2. The molecule has 2 atom stereocenters. The van der Waals surface area contributed by atoms with Gasteiger partial charge in [-0.05, 0) is 58.4 Å². The van der Waals surface area contributed by atoms with E-state index in [0.717, 1.165) is 51.4 Å². The van der Waals surface area contributed by atoms with E-state index in [1.54, 1.807) is 7.05 Å². The summed E-state index contributed by atoms with van der Waals surface area (Å²) in [5.41, 5.74) is 0. The second kappa shape index (κ2) is 44.8. The summed E-state index contributed by atoms with van der Waals surface area (Å²) in [7, 11) is -2.66. The van der Waals surface area contributed by atoms with Crippen molar-refractivity contribution in [1.29, 1.82) is 0 Å². The summed E-state index contributed by atoms with van der Waals surface area (Å²) in [6, 6.07) is 0. The highest BCUT2D eigenvalue weighted by Crippen LogP contribution is 2.43. The first kappa shape index (κ1) is 56.2. The van der Waals surface area contributed by atoms with Crippen LogP contribution >= 0.6 is 7.82 Å². The number of unbranched alkanes of at least 4 members (excludes halogenated alkanes) is 25. The van der Waals surface area contributed by atoms with Gasteiger partial charge >= 0.3 is 19.8 Å². The average molecular weight is 840 g/mol. The van der Waals surface area contributed by atoms with Crippen LogP contribution in [0.1, 0.15) is 219 Å². The van der Waals surface area contributed by atoms with E-state index in [0.29, 0.717) is 13.0 Å². The number of allylic oxidation sites excluding steroid dienone is 6. The maximum absolute atomic E-state index is 12.6. The third kappa shape index (κ3) is 43.8. The minimum Gasteiger partial charge on any atom is -0.462 e. The molecule has 0 saturated heterocycles. The summed E-state index contributed by atoms with van der Waals surface area (Å²) in [5.74, 6) is -0.843. The normalized spacial score (nSPS) is 13.5. The maximum atomic E-state index is 12.6. The molecule has 0 aliphatic rings. The molecule has 0 radical (unpaired) electrons. The van der Waals surface area contributed by atoms with Gasteiger partial charge in [0.15, 0.2) is 6.10 Å². The van der Waals surface area contributed by atoms with Crippen LogP contribution in [-0.2, 0) is 32.7 Å². The summed E-state index contributed by atoms with van der Waals surface area (Å²) >= 11 is 0. The molecule has 0 saturated carbocycles. The van der Waals surface area contributed by atoms with Crippen molar-refractivity contribution in [3.05, 3.63) is 36.5 Å². The highest BCUT2D eigenvalue weighted by Gasteiger charge is 2.26. The van der Waals surface area contributed by atoms with Crippen molar-refractivity contribution in [3.8, 4) is 0 Å². The van der Waals surface area contributed by atoms with Gasteiger partial charge < -0.3 is 19.7 Å². The molecule has 9 nitrogen and oxygen atoms in total. The Morgan fingerprint density at radius 1 is 0.534 bits per heavy atom. The molecule has 0 fully saturated rings. The van der Waals surface area contributed by atoms with Crippen LogP contribution in [-0.4, -0.2) is 56.3 Å². The Kier molecular flexibility index (Phi) is 43.4. The van der Waals surface area contributed by atoms with Gasteiger partial charge in [0.2, 0.25) is 0 Å². The molecule has 0 heterocycles. The van der Waals surface area contributed by atoms with E-state index >= 15 is 0 Å². The van der Waals surface area contributed by atoms with E-state index in [4.69, 9.17) is 18.5 Å². The molecule has 0 aliphatic carbocycles. The largest absolute Gasteiger partial charge is 0.472 e. The van der Waals surface area contributed by atoms with Crippen LogP contribution in [0.25, 0.3) is 0 Å². The van der Waals surface area contributed by atoms with Crippen molar-refractivity contribution < 1.29 is 37.6 Å². The predicted molar refractivity (Wildman–Crippen MR) is 243 cm³/mol. The maximum Gasteiger partial charge on any atom is 0.472 e. The molecule has 0 aromatic carbocycles. The van der Waals surface area contributed by atoms with Crippen LogP contribution in [0.3, 0.4) is 0 Å². The Morgan fingerprint density at radius 3 is 1.41 bits per heavy atom. The van der Waals surface area contributed by atoms with Gasteiger partial charge in [0, 0.05) is 19.4 Å². The molecule has 0 aromatic rings. The van der Waals surface area contributed by atoms with Gasteiger partial charge in [0.25, 0.3) is 0 Å². The highest BCUT2D eigenvalue weighted by atomic mass is 31.2. The van der Waals surface area contributed by atoms with E-state index in [9.17, 15) is 19.0 Å². The first-order valence-corrected chi connectivity index (χ1v) is 25.4. The number of ether oxygens (including phenoxy) is 2. The van der Waals surface area contributed by atoms with Crippen LogP contribution in [0.15, 0.2) is 36.5 Å². The molecule has 0 spiro atoms. The lowest BCUT2D eigenvalue weighted by molar-refractivity contribution is -0.161. The third-order valence-corrected chi connectivity index (χ3v) is 11.2. The number of esters is 2. The highest BCUT2D eigenvalue weighted by molar-refractivity contribution is 7.47. The smallest absolute Gasteiger partial charge is 0.462 e. The Hall–Kier alpha value is -1.77. The Balaban J connectivity index is 4.15. The predicted octanol–water partition coefficient (Wildman–Crippen LogP) is 14.0. The molecule has 10 heteroatoms. The molecule has 2 N–H and O–H groups in total. The second-order valence-electron chi connectivity index (χ2n) is 15.9. The Bertz CT molecular complexity index is 1050. The van der Waals surface area contributed by atoms with E-state index in [2.05, 4.69) is 55.6 Å². The summed E-state index contributed by atoms with van der Waals surface area (Å²) < 4.78 is 33.2. The van der Waals surface area contributed by atoms with Gasteiger partial charge in [0.1, 0.15) is 6.61 Å². The summed E-state index contributed by atoms with van der Waals surface area (Å²) in [6.45, 7) is 4.18. The summed E-state index contributed by atoms with van der Waals surface area (Å²) in [4.78, 5) is 35.1. The van der Waals surface area contributed by atoms with E-state index in [1.807, 2.05) is 0 Å². The molecule has 0 amide bonds. The van der Waals surface area contributed by atoms with E-state index < -0.39 is 26.5 Å². The Labute approximate surface area is 356 Å². The lowest BCUT2D eigenvalue weighted by Crippen LogP contribution is -2.29. The first-order chi connectivity index (χ1) is 28.3. The van der Waals surface area contributed by atoms with Crippen molar-refractivity contribution >= 4 is 19.8 Å². The number of phosphoric ester groups is 1. The van der Waals surface area contributed by atoms with Gasteiger partial charge in [-0.15, -0.1) is 0 Å². The third-order valence-electron chi connectivity index (χ3n) is 10.3. The van der Waals surface area contributed by atoms with Crippen molar-refractivity contribution in [2.45, 2.75) is 225 Å². The van der Waals surface area contributed by atoms with Crippen molar-refractivity contribution in [1.82, 2.24) is 5.32 Å². The topological polar surface area (TPSA) is 120 Å². The second-order valence-corrected chi connectivity index (χ2v) is 17.4. The van der Waals surface area contributed by atoms with Crippen LogP contribution in [0.2, 0.25) is 0 Å². The van der Waals surface area contributed by atoms with Gasteiger partial charge in [-0.2, -0.15) is 0 Å². The number of rotatable bonds is 45. The van der Waals surface area contributed by atoms with Crippen molar-refractivity contribution in [2.24, 2.45) is 0 Å². The zero-order valence-corrected chi connectivity index (χ0v) is 38.6. The average Bonchev–Trinajstić information content (AvgIpc) is 3.21. The summed E-state index contributed by atoms with van der Waals surface area (Å²) in [5, 5.41) is 2.82. The minimum absolute atomic E-state index is 0.0233. The number of phosphoric acid groups is 1. The van der Waals surface area contributed by atoms with Crippen molar-refractivity contribution in [2.75, 3.05) is 33.4 Å². The fraction of sp³-hybridized carbons (Fsp3) is 0.833. The standard InChI is InChI=1S/C48H90NO8P/c1-4-6-8-10-12-14-16-18-20-21-22-23-24-25-27-28-30-32-34-36-38-40-47(50)54-44-46(45-56-58(52,53)55-43-42-49-3)57-48(51)41-39-37-35-33-31-29-26-19-17-15-13-11-9-7-5-2/h13,15,19,26,31,33,46,49H,4-12,14,16-18,20-25,27-30,32,34-45H2,1-3H3,(H,52,53)/b15-13-,26-19-,33-31-. The van der Waals surface area contributed by atoms with Crippen LogP contribution in [0.4, 0.5) is 0 Å². The SMILES string of the molecule is CCCCC/C=C\C/C=C\C/C=C\CCCCC(=O)OC(COC(=O)CCCCCCCCCCCCCCCCCCCCCCC)COP(=O)(O)OCCNC. The molecule has 0 aliphatic heterocycles. The number of nitrogens with one attached hydrogen (secondary N) is 1. The molecule has 0 bridgehead atoms. The molecule has 0 aromatic heterocycles. The summed E-state index contributed by atoms with van der Waals surface area (Å²) in [6.07, 6.45) is 49.1. The van der Waals surface area contributed by atoms with Crippen molar-refractivity contribution in [3.63, 3.8) is 0 Å². The molecular weight excluding hydrogens is 750 g/mol. The fourth-order valence-electron chi connectivity index (χ4n) is 6.62. The van der Waals surface area contributed by atoms with Gasteiger partial charge in [-0.1, -0.05) is 192 Å². The van der Waals surface area contributed by atoms with Crippen LogP contribution < -0.4 is 5.32 Å². The van der Waals surface area contributed by atoms with Crippen LogP contribution in [0.5, 0.6) is 0 Å². The monoisotopic (exact) mass is 840 g/mol. The van der Waals surface area contributed by atoms with Gasteiger partial charge in [-0.3, -0.25) is 18.6 Å². The number of carbonyl (C=O) groups excluding carboxylic acids is 2. The minimum atomic E-state index is -4.36. The Morgan fingerprint density at radius 2 is 0.931 bits per heavy atom. The molecular formula is C48H90NO8P. The lowest BCUT2D eigenvalue weighted by Gasteiger charge is -2.20. The van der Waals surface area contributed by atoms with E-state index in [1.165, 1.54) is 135 Å². The van der Waals surface area contributed by atoms with E-state index in [-0.39, 0.29) is 32.0 Å². The molecule has 58 heavy (non-hydrogen) atoms. The number of hydrogen-bond donors (Lipinski definition) is 2. The number of likely N-dealkylation sites (N-methyl/N-ethyl adjacent to an activating group) is 1. The van der Waals surface area contributed by atoms with Gasteiger partial charge in [-0.25, -0.2) is 4.57 Å². The fourth-order valence-corrected chi connectivity index (χ4v) is 7.37. The number of hydrogen-bond acceptors (Lipinski definition) is 8. The zero-order valence-electron chi connectivity index (χ0n) is 37.7. The first-order valence-electron chi connectivity index (χ1n) is 23.9. The molecule has 2 unspecified atom stereocenters. The lowest BCUT2D eigenvalue weighted by atomic mass is 10.0. The van der Waals surface area contributed by atoms with Gasteiger partial charge in [0.05, 0.1) is 13.2 Å². The molecule has 0 rings (SSSR count). The zero-order chi connectivity index (χ0) is 42.5. The molecule has 340 valence electrons. The quantitative estimate of drug-likeness (QED) is 0.0267. The van der Waals surface area contributed by atoms with Crippen LogP contribution in [0, 0.1) is 0 Å².